The minimum Gasteiger partial charge on any atom is -0.267 e. The summed E-state index contributed by atoms with van der Waals surface area (Å²) in [5, 5.41) is 3.60. The van der Waals surface area contributed by atoms with Gasteiger partial charge >= 0.3 is 6.18 Å². The first-order chi connectivity index (χ1) is 7.80. The normalized spacial score (nSPS) is 13.9. The minimum atomic E-state index is -4.54. The van der Waals surface area contributed by atoms with Gasteiger partial charge in [0.2, 0.25) is 0 Å². The maximum atomic E-state index is 12.3. The molecular formula is C11H9F3N2O. The van der Waals surface area contributed by atoms with Crippen LogP contribution in [-0.4, -0.2) is 17.8 Å². The third kappa shape index (κ3) is 3.79. The molecule has 0 aliphatic heterocycles. The Bertz CT molecular complexity index is 495. The maximum Gasteiger partial charge on any atom is 0.424 e. The van der Waals surface area contributed by atoms with Crippen molar-refractivity contribution in [3.63, 3.8) is 0 Å². The van der Waals surface area contributed by atoms with Crippen molar-refractivity contribution >= 4 is 11.6 Å². The van der Waals surface area contributed by atoms with Crippen LogP contribution in [-0.2, 0) is 4.79 Å². The van der Waals surface area contributed by atoms with Crippen LogP contribution in [0.15, 0.2) is 39.9 Å². The number of halogens is 3. The Kier molecular flexibility index (Phi) is 3.73. The van der Waals surface area contributed by atoms with Gasteiger partial charge in [-0.1, -0.05) is 11.5 Å². The average Bonchev–Trinajstić information content (AvgIpc) is 2.25. The SMILES string of the molecule is CC(C)=NNC(=O)C1=CC(C(F)(F)F)=C=C=C1. The van der Waals surface area contributed by atoms with Gasteiger partial charge in [-0.05, 0) is 19.9 Å². The summed E-state index contributed by atoms with van der Waals surface area (Å²) in [4.78, 5) is 11.4. The van der Waals surface area contributed by atoms with Gasteiger partial charge in [0.1, 0.15) is 5.57 Å². The van der Waals surface area contributed by atoms with Crippen LogP contribution in [0.25, 0.3) is 0 Å². The summed E-state index contributed by atoms with van der Waals surface area (Å²) in [6.45, 7) is 3.29. The van der Waals surface area contributed by atoms with E-state index in [2.05, 4.69) is 16.3 Å². The van der Waals surface area contributed by atoms with Crippen LogP contribution in [0, 0.1) is 0 Å². The van der Waals surface area contributed by atoms with Crippen molar-refractivity contribution in [3.8, 4) is 0 Å². The van der Waals surface area contributed by atoms with E-state index in [4.69, 9.17) is 0 Å². The summed E-state index contributed by atoms with van der Waals surface area (Å²) < 4.78 is 37.0. The zero-order chi connectivity index (χ0) is 13.1. The number of rotatable bonds is 2. The molecule has 0 unspecified atom stereocenters. The molecule has 0 radical (unpaired) electrons. The van der Waals surface area contributed by atoms with Crippen molar-refractivity contribution in [2.75, 3.05) is 0 Å². The number of allylic oxidation sites excluding steroid dienone is 2. The molecule has 0 fully saturated rings. The first-order valence-corrected chi connectivity index (χ1v) is 4.62. The van der Waals surface area contributed by atoms with Crippen LogP contribution in [0.2, 0.25) is 0 Å². The molecule has 0 saturated heterocycles. The lowest BCUT2D eigenvalue weighted by Crippen LogP contribution is -2.21. The van der Waals surface area contributed by atoms with Gasteiger partial charge in [0.15, 0.2) is 0 Å². The van der Waals surface area contributed by atoms with Crippen molar-refractivity contribution in [3.05, 3.63) is 34.8 Å². The number of hydrogen-bond acceptors (Lipinski definition) is 2. The third-order valence-corrected chi connectivity index (χ3v) is 1.68. The van der Waals surface area contributed by atoms with Gasteiger partial charge in [-0.15, -0.1) is 0 Å². The van der Waals surface area contributed by atoms with Gasteiger partial charge in [-0.2, -0.15) is 18.3 Å². The van der Waals surface area contributed by atoms with E-state index in [1.165, 1.54) is 0 Å². The van der Waals surface area contributed by atoms with Crippen molar-refractivity contribution < 1.29 is 18.0 Å². The van der Waals surface area contributed by atoms with E-state index in [-0.39, 0.29) is 5.57 Å². The van der Waals surface area contributed by atoms with Crippen molar-refractivity contribution in [1.82, 2.24) is 5.43 Å². The lowest BCUT2D eigenvalue weighted by atomic mass is 10.1. The molecule has 1 aliphatic carbocycles. The molecule has 0 saturated carbocycles. The number of nitrogens with one attached hydrogen (secondary N) is 1. The largest absolute Gasteiger partial charge is 0.424 e. The monoisotopic (exact) mass is 242 g/mol. The molecule has 0 bridgehead atoms. The molecule has 1 rings (SSSR count). The number of carbonyl (C=O) groups excluding carboxylic acids is 1. The second kappa shape index (κ2) is 4.87. The Morgan fingerprint density at radius 3 is 2.59 bits per heavy atom. The van der Waals surface area contributed by atoms with Crippen LogP contribution >= 0.6 is 0 Å². The second-order valence-corrected chi connectivity index (χ2v) is 3.42. The van der Waals surface area contributed by atoms with Crippen molar-refractivity contribution in [1.29, 1.82) is 0 Å². The molecule has 0 heterocycles. The average molecular weight is 242 g/mol. The Morgan fingerprint density at radius 2 is 2.06 bits per heavy atom. The summed E-state index contributed by atoms with van der Waals surface area (Å²) in [6.07, 6.45) is -2.73. The lowest BCUT2D eigenvalue weighted by molar-refractivity contribution is -0.117. The molecule has 1 amide bonds. The van der Waals surface area contributed by atoms with E-state index >= 15 is 0 Å². The molecule has 6 heteroatoms. The number of carbonyl (C=O) groups is 1. The Morgan fingerprint density at radius 1 is 1.41 bits per heavy atom. The van der Waals surface area contributed by atoms with E-state index in [1.54, 1.807) is 13.8 Å². The number of hydrogen-bond donors (Lipinski definition) is 1. The molecule has 3 nitrogen and oxygen atoms in total. The van der Waals surface area contributed by atoms with Crippen LogP contribution in [0.3, 0.4) is 0 Å². The van der Waals surface area contributed by atoms with E-state index < -0.39 is 17.7 Å². The lowest BCUT2D eigenvalue weighted by Gasteiger charge is -2.07. The molecule has 1 N–H and O–H groups in total. The Hall–Kier alpha value is -2.03. The Balaban J connectivity index is 2.89. The molecule has 0 aromatic heterocycles. The van der Waals surface area contributed by atoms with Gasteiger partial charge in [0.05, 0.1) is 5.57 Å². The third-order valence-electron chi connectivity index (χ3n) is 1.68. The summed E-state index contributed by atoms with van der Waals surface area (Å²) in [7, 11) is 0. The first kappa shape index (κ1) is 13.0. The predicted molar refractivity (Wildman–Crippen MR) is 56.2 cm³/mol. The summed E-state index contributed by atoms with van der Waals surface area (Å²) in [5.41, 5.74) is 5.56. The molecule has 0 atom stereocenters. The number of hydrazone groups is 1. The minimum absolute atomic E-state index is 0.166. The molecule has 0 aromatic rings. The van der Waals surface area contributed by atoms with Crippen molar-refractivity contribution in [2.45, 2.75) is 20.0 Å². The molecule has 17 heavy (non-hydrogen) atoms. The highest BCUT2D eigenvalue weighted by atomic mass is 19.4. The standard InChI is InChI=1S/C11H9F3N2O/c1-7(2)15-16-10(17)8-4-3-5-9(6-8)11(12,13)14/h4,6H,1-2H3,(H,16,17). The highest BCUT2D eigenvalue weighted by molar-refractivity contribution is 5.97. The zero-order valence-corrected chi connectivity index (χ0v) is 9.14. The van der Waals surface area contributed by atoms with Crippen LogP contribution in [0.4, 0.5) is 13.2 Å². The zero-order valence-electron chi connectivity index (χ0n) is 9.14. The molecule has 90 valence electrons. The number of alkyl halides is 3. The topological polar surface area (TPSA) is 41.5 Å². The molecule has 1 aliphatic rings. The number of nitrogens with zero attached hydrogens (tertiary/aromatic N) is 1. The quantitative estimate of drug-likeness (QED) is 0.450. The van der Waals surface area contributed by atoms with Gasteiger partial charge in [0.25, 0.3) is 5.91 Å². The van der Waals surface area contributed by atoms with Crippen LogP contribution in [0.1, 0.15) is 13.8 Å². The number of amides is 1. The highest BCUT2D eigenvalue weighted by Gasteiger charge is 2.33. The second-order valence-electron chi connectivity index (χ2n) is 3.42. The van der Waals surface area contributed by atoms with Crippen LogP contribution < -0.4 is 5.43 Å². The maximum absolute atomic E-state index is 12.3. The van der Waals surface area contributed by atoms with E-state index in [1.807, 2.05) is 5.73 Å². The smallest absolute Gasteiger partial charge is 0.267 e. The van der Waals surface area contributed by atoms with Crippen LogP contribution in [0.5, 0.6) is 0 Å². The fourth-order valence-electron chi connectivity index (χ4n) is 0.936. The molecule has 0 spiro atoms. The first-order valence-electron chi connectivity index (χ1n) is 4.62. The van der Waals surface area contributed by atoms with Gasteiger partial charge in [-0.3, -0.25) is 4.79 Å². The van der Waals surface area contributed by atoms with Crippen molar-refractivity contribution in [2.24, 2.45) is 5.10 Å². The summed E-state index contributed by atoms with van der Waals surface area (Å²) in [6, 6.07) is 0. The highest BCUT2D eigenvalue weighted by Crippen LogP contribution is 2.27. The predicted octanol–water partition coefficient (Wildman–Crippen LogP) is 2.24. The van der Waals surface area contributed by atoms with E-state index in [0.717, 1.165) is 6.08 Å². The fourth-order valence-corrected chi connectivity index (χ4v) is 0.936. The molecular weight excluding hydrogens is 233 g/mol. The molecule has 0 aromatic carbocycles. The van der Waals surface area contributed by atoms with Gasteiger partial charge in [-0.25, -0.2) is 5.43 Å². The summed E-state index contributed by atoms with van der Waals surface area (Å²) in [5.74, 6) is -0.720. The van der Waals surface area contributed by atoms with Gasteiger partial charge in [0, 0.05) is 11.8 Å². The van der Waals surface area contributed by atoms with E-state index in [0.29, 0.717) is 11.8 Å². The Labute approximate surface area is 95.7 Å². The fraction of sp³-hybridized carbons (Fsp3) is 0.273. The van der Waals surface area contributed by atoms with E-state index in [9.17, 15) is 18.0 Å². The van der Waals surface area contributed by atoms with Gasteiger partial charge < -0.3 is 0 Å². The summed E-state index contributed by atoms with van der Waals surface area (Å²) >= 11 is 0.